The molecule has 0 aromatic rings. The number of rotatable bonds is 6. The SMILES string of the molecule is CC(C)CNC(=O)CCNC(=O)[C@H](N)C(C)(C)C. The van der Waals surface area contributed by atoms with Gasteiger partial charge in [0.1, 0.15) is 0 Å². The van der Waals surface area contributed by atoms with Crippen molar-refractivity contribution in [2.45, 2.75) is 47.1 Å². The minimum Gasteiger partial charge on any atom is -0.356 e. The Labute approximate surface area is 110 Å². The molecular formula is C13H27N3O2. The van der Waals surface area contributed by atoms with E-state index in [1.807, 2.05) is 34.6 Å². The van der Waals surface area contributed by atoms with Gasteiger partial charge in [0.05, 0.1) is 6.04 Å². The van der Waals surface area contributed by atoms with Crippen LogP contribution >= 0.6 is 0 Å². The first kappa shape index (κ1) is 16.9. The Balaban J connectivity index is 3.85. The van der Waals surface area contributed by atoms with Crippen LogP contribution in [0.2, 0.25) is 0 Å². The number of carbonyl (C=O) groups is 2. The molecule has 1 atom stereocenters. The Morgan fingerprint density at radius 3 is 2.17 bits per heavy atom. The van der Waals surface area contributed by atoms with Gasteiger partial charge < -0.3 is 16.4 Å². The maximum atomic E-state index is 11.7. The summed E-state index contributed by atoms with van der Waals surface area (Å²) in [6.45, 7) is 10.8. The highest BCUT2D eigenvalue weighted by atomic mass is 16.2. The van der Waals surface area contributed by atoms with Crippen molar-refractivity contribution in [3.8, 4) is 0 Å². The number of hydrogen-bond acceptors (Lipinski definition) is 3. The average molecular weight is 257 g/mol. The molecule has 18 heavy (non-hydrogen) atoms. The van der Waals surface area contributed by atoms with Crippen LogP contribution in [0.3, 0.4) is 0 Å². The molecule has 106 valence electrons. The highest BCUT2D eigenvalue weighted by Crippen LogP contribution is 2.16. The molecule has 0 saturated heterocycles. The molecular weight excluding hydrogens is 230 g/mol. The van der Waals surface area contributed by atoms with Gasteiger partial charge in [-0.15, -0.1) is 0 Å². The van der Waals surface area contributed by atoms with Crippen molar-refractivity contribution in [2.75, 3.05) is 13.1 Å². The maximum Gasteiger partial charge on any atom is 0.237 e. The summed E-state index contributed by atoms with van der Waals surface area (Å²) in [5, 5.41) is 5.48. The molecule has 0 unspecified atom stereocenters. The van der Waals surface area contributed by atoms with E-state index in [1.54, 1.807) is 0 Å². The topological polar surface area (TPSA) is 84.2 Å². The zero-order valence-corrected chi connectivity index (χ0v) is 12.2. The summed E-state index contributed by atoms with van der Waals surface area (Å²) in [6, 6.07) is -0.559. The molecule has 0 aromatic carbocycles. The molecule has 0 radical (unpaired) electrons. The van der Waals surface area contributed by atoms with E-state index in [-0.39, 0.29) is 23.7 Å². The van der Waals surface area contributed by atoms with E-state index >= 15 is 0 Å². The van der Waals surface area contributed by atoms with Gasteiger partial charge in [-0.2, -0.15) is 0 Å². The highest BCUT2D eigenvalue weighted by Gasteiger charge is 2.27. The second-order valence-electron chi connectivity index (χ2n) is 6.08. The molecule has 0 aromatic heterocycles. The van der Waals surface area contributed by atoms with E-state index in [0.717, 1.165) is 0 Å². The van der Waals surface area contributed by atoms with Gasteiger partial charge in [-0.1, -0.05) is 34.6 Å². The van der Waals surface area contributed by atoms with Gasteiger partial charge >= 0.3 is 0 Å². The minimum absolute atomic E-state index is 0.0478. The largest absolute Gasteiger partial charge is 0.356 e. The van der Waals surface area contributed by atoms with E-state index in [0.29, 0.717) is 19.0 Å². The Morgan fingerprint density at radius 1 is 1.17 bits per heavy atom. The minimum atomic E-state index is -0.559. The van der Waals surface area contributed by atoms with Crippen LogP contribution in [0, 0.1) is 11.3 Å². The van der Waals surface area contributed by atoms with Crippen LogP contribution < -0.4 is 16.4 Å². The molecule has 0 rings (SSSR count). The lowest BCUT2D eigenvalue weighted by Crippen LogP contribution is -2.49. The molecule has 4 N–H and O–H groups in total. The van der Waals surface area contributed by atoms with Crippen molar-refractivity contribution >= 4 is 11.8 Å². The molecule has 5 heteroatoms. The van der Waals surface area contributed by atoms with Gasteiger partial charge in [0.25, 0.3) is 0 Å². The van der Waals surface area contributed by atoms with Crippen molar-refractivity contribution in [3.63, 3.8) is 0 Å². The fraction of sp³-hybridized carbons (Fsp3) is 0.846. The Kier molecular flexibility index (Phi) is 6.91. The fourth-order valence-corrected chi connectivity index (χ4v) is 1.21. The predicted octanol–water partition coefficient (Wildman–Crippen LogP) is 0.638. The second kappa shape index (κ2) is 7.36. The fourth-order valence-electron chi connectivity index (χ4n) is 1.21. The molecule has 0 bridgehead atoms. The van der Waals surface area contributed by atoms with E-state index in [9.17, 15) is 9.59 Å². The van der Waals surface area contributed by atoms with Gasteiger partial charge in [-0.3, -0.25) is 9.59 Å². The first-order chi connectivity index (χ1) is 8.14. The van der Waals surface area contributed by atoms with Crippen LogP contribution in [0.4, 0.5) is 0 Å². The molecule has 0 aliphatic rings. The van der Waals surface area contributed by atoms with Crippen LogP contribution in [-0.2, 0) is 9.59 Å². The predicted molar refractivity (Wildman–Crippen MR) is 72.9 cm³/mol. The van der Waals surface area contributed by atoms with E-state index in [4.69, 9.17) is 5.73 Å². The standard InChI is InChI=1S/C13H27N3O2/c1-9(2)8-16-10(17)6-7-15-12(18)11(14)13(3,4)5/h9,11H,6-8,14H2,1-5H3,(H,15,18)(H,16,17)/t11-/m0/s1. The van der Waals surface area contributed by atoms with E-state index < -0.39 is 6.04 Å². The summed E-state index contributed by atoms with van der Waals surface area (Å²) in [5.74, 6) is 0.172. The first-order valence-corrected chi connectivity index (χ1v) is 6.44. The first-order valence-electron chi connectivity index (χ1n) is 6.44. The lowest BCUT2D eigenvalue weighted by Gasteiger charge is -2.25. The lowest BCUT2D eigenvalue weighted by molar-refractivity contribution is -0.124. The third kappa shape index (κ3) is 7.27. The van der Waals surface area contributed by atoms with Crippen molar-refractivity contribution in [1.82, 2.24) is 10.6 Å². The Bertz CT molecular complexity index is 282. The van der Waals surface area contributed by atoms with Crippen LogP contribution in [0.15, 0.2) is 0 Å². The third-order valence-electron chi connectivity index (χ3n) is 2.57. The summed E-state index contributed by atoms with van der Waals surface area (Å²) in [5.41, 5.74) is 5.52. The quantitative estimate of drug-likeness (QED) is 0.653. The summed E-state index contributed by atoms with van der Waals surface area (Å²) in [4.78, 5) is 23.1. The molecule has 0 saturated carbocycles. The van der Waals surface area contributed by atoms with Gasteiger partial charge in [-0.25, -0.2) is 0 Å². The van der Waals surface area contributed by atoms with Crippen molar-refractivity contribution in [1.29, 1.82) is 0 Å². The Hall–Kier alpha value is -1.10. The van der Waals surface area contributed by atoms with Crippen LogP contribution in [0.25, 0.3) is 0 Å². The molecule has 0 spiro atoms. The van der Waals surface area contributed by atoms with Gasteiger partial charge in [0.15, 0.2) is 0 Å². The summed E-state index contributed by atoms with van der Waals surface area (Å²) in [6.07, 6.45) is 0.287. The number of nitrogens with one attached hydrogen (secondary N) is 2. The summed E-state index contributed by atoms with van der Waals surface area (Å²) < 4.78 is 0. The van der Waals surface area contributed by atoms with E-state index in [1.165, 1.54) is 0 Å². The number of nitrogens with two attached hydrogens (primary N) is 1. The molecule has 0 aliphatic heterocycles. The number of carbonyl (C=O) groups excluding carboxylic acids is 2. The molecule has 2 amide bonds. The normalized spacial score (nSPS) is 13.3. The zero-order valence-electron chi connectivity index (χ0n) is 12.2. The summed E-state index contributed by atoms with van der Waals surface area (Å²) in [7, 11) is 0. The second-order valence-corrected chi connectivity index (χ2v) is 6.08. The van der Waals surface area contributed by atoms with Crippen LogP contribution in [0.5, 0.6) is 0 Å². The lowest BCUT2D eigenvalue weighted by atomic mass is 9.87. The highest BCUT2D eigenvalue weighted by molar-refractivity contribution is 5.83. The number of amides is 2. The van der Waals surface area contributed by atoms with Crippen LogP contribution in [0.1, 0.15) is 41.0 Å². The monoisotopic (exact) mass is 257 g/mol. The maximum absolute atomic E-state index is 11.7. The summed E-state index contributed by atoms with van der Waals surface area (Å²) >= 11 is 0. The van der Waals surface area contributed by atoms with Crippen molar-refractivity contribution in [2.24, 2.45) is 17.1 Å². The van der Waals surface area contributed by atoms with Gasteiger partial charge in [0.2, 0.25) is 11.8 Å². The van der Waals surface area contributed by atoms with Crippen molar-refractivity contribution < 1.29 is 9.59 Å². The van der Waals surface area contributed by atoms with Crippen molar-refractivity contribution in [3.05, 3.63) is 0 Å². The molecule has 0 fully saturated rings. The molecule has 5 nitrogen and oxygen atoms in total. The zero-order chi connectivity index (χ0) is 14.3. The average Bonchev–Trinajstić information content (AvgIpc) is 2.23. The third-order valence-corrected chi connectivity index (χ3v) is 2.57. The molecule has 0 heterocycles. The Morgan fingerprint density at radius 2 is 1.72 bits per heavy atom. The van der Waals surface area contributed by atoms with Gasteiger partial charge in [-0.05, 0) is 11.3 Å². The van der Waals surface area contributed by atoms with Crippen LogP contribution in [-0.4, -0.2) is 30.9 Å². The van der Waals surface area contributed by atoms with E-state index in [2.05, 4.69) is 10.6 Å². The van der Waals surface area contributed by atoms with Gasteiger partial charge in [0, 0.05) is 19.5 Å². The molecule has 0 aliphatic carbocycles. The number of hydrogen-bond donors (Lipinski definition) is 3. The smallest absolute Gasteiger partial charge is 0.237 e.